The first kappa shape index (κ1) is 13.4. The summed E-state index contributed by atoms with van der Waals surface area (Å²) in [5.74, 6) is -0.235. The molecule has 2 N–H and O–H groups in total. The highest BCUT2D eigenvalue weighted by Gasteiger charge is 2.35. The lowest BCUT2D eigenvalue weighted by atomic mass is 9.76. The van der Waals surface area contributed by atoms with E-state index in [-0.39, 0.29) is 17.4 Å². The molecule has 0 aromatic carbocycles. The quantitative estimate of drug-likeness (QED) is 0.653. The first-order valence-corrected chi connectivity index (χ1v) is 4.83. The van der Waals surface area contributed by atoms with Crippen molar-refractivity contribution in [3.63, 3.8) is 0 Å². The van der Waals surface area contributed by atoms with E-state index in [1.54, 1.807) is 7.11 Å². The molecule has 4 heteroatoms. The minimum atomic E-state index is -0.304. The number of methoxy groups -OCH3 is 2. The lowest BCUT2D eigenvalue weighted by Gasteiger charge is -2.34. The number of hydrogen-bond acceptors (Lipinski definition) is 4. The second kappa shape index (κ2) is 5.98. The van der Waals surface area contributed by atoms with E-state index in [4.69, 9.17) is 10.5 Å². The number of carbonyl (C=O) groups excluding carboxylic acids is 1. The molecule has 0 saturated carbocycles. The van der Waals surface area contributed by atoms with E-state index >= 15 is 0 Å². The fourth-order valence-electron chi connectivity index (χ4n) is 1.54. The van der Waals surface area contributed by atoms with Crippen molar-refractivity contribution in [3.05, 3.63) is 0 Å². The highest BCUT2D eigenvalue weighted by atomic mass is 16.5. The maximum atomic E-state index is 11.2. The number of esters is 1. The van der Waals surface area contributed by atoms with E-state index in [1.165, 1.54) is 7.11 Å². The lowest BCUT2D eigenvalue weighted by Crippen LogP contribution is -2.44. The normalized spacial score (nSPS) is 17.2. The van der Waals surface area contributed by atoms with Gasteiger partial charge in [-0.05, 0) is 13.3 Å². The number of hydrogen-bond donors (Lipinski definition) is 1. The Labute approximate surface area is 85.8 Å². The first-order valence-electron chi connectivity index (χ1n) is 4.83. The summed E-state index contributed by atoms with van der Waals surface area (Å²) in [4.78, 5) is 11.2. The van der Waals surface area contributed by atoms with E-state index in [9.17, 15) is 4.79 Å². The maximum absolute atomic E-state index is 11.2. The van der Waals surface area contributed by atoms with E-state index in [0.717, 1.165) is 6.42 Å². The van der Waals surface area contributed by atoms with Crippen LogP contribution >= 0.6 is 0 Å². The molecule has 0 heterocycles. The molecular weight excluding hydrogens is 182 g/mol. The van der Waals surface area contributed by atoms with Gasteiger partial charge in [-0.1, -0.05) is 6.92 Å². The Morgan fingerprint density at radius 2 is 2.07 bits per heavy atom. The molecule has 2 atom stereocenters. The summed E-state index contributed by atoms with van der Waals surface area (Å²) in [6, 6.07) is -0.0912. The molecule has 0 spiro atoms. The molecule has 0 radical (unpaired) electrons. The van der Waals surface area contributed by atoms with Crippen molar-refractivity contribution in [2.45, 2.75) is 32.7 Å². The third-order valence-electron chi connectivity index (χ3n) is 2.83. The van der Waals surface area contributed by atoms with Crippen molar-refractivity contribution in [1.82, 2.24) is 0 Å². The van der Waals surface area contributed by atoms with Crippen LogP contribution in [0.15, 0.2) is 0 Å². The summed E-state index contributed by atoms with van der Waals surface area (Å²) in [5.41, 5.74) is 5.58. The van der Waals surface area contributed by atoms with Crippen molar-refractivity contribution in [1.29, 1.82) is 0 Å². The average Bonchev–Trinajstić information content (AvgIpc) is 2.16. The van der Waals surface area contributed by atoms with Gasteiger partial charge in [0.15, 0.2) is 0 Å². The minimum absolute atomic E-state index is 0.0912. The van der Waals surface area contributed by atoms with Crippen molar-refractivity contribution >= 4 is 5.97 Å². The topological polar surface area (TPSA) is 61.5 Å². The Morgan fingerprint density at radius 3 is 2.36 bits per heavy atom. The highest BCUT2D eigenvalue weighted by molar-refractivity contribution is 5.70. The summed E-state index contributed by atoms with van der Waals surface area (Å²) >= 11 is 0. The molecule has 0 fully saturated rings. The van der Waals surface area contributed by atoms with Crippen LogP contribution < -0.4 is 5.73 Å². The summed E-state index contributed by atoms with van der Waals surface area (Å²) < 4.78 is 9.77. The van der Waals surface area contributed by atoms with Crippen LogP contribution in [-0.4, -0.2) is 32.8 Å². The summed E-state index contributed by atoms with van der Waals surface area (Å²) in [6.07, 6.45) is 1.11. The Hall–Kier alpha value is -0.610. The van der Waals surface area contributed by atoms with Crippen LogP contribution in [0.4, 0.5) is 0 Å². The maximum Gasteiger partial charge on any atom is 0.306 e. The van der Waals surface area contributed by atoms with Crippen LogP contribution in [0, 0.1) is 5.41 Å². The minimum Gasteiger partial charge on any atom is -0.469 e. The average molecular weight is 203 g/mol. The number of carbonyl (C=O) groups is 1. The number of rotatable bonds is 6. The van der Waals surface area contributed by atoms with Crippen LogP contribution in [0.25, 0.3) is 0 Å². The van der Waals surface area contributed by atoms with Gasteiger partial charge >= 0.3 is 5.97 Å². The standard InChI is InChI=1S/C10H21NO3/c1-5-10(7-13-3,8(2)11)6-9(12)14-4/h8H,5-7,11H2,1-4H3. The molecule has 14 heavy (non-hydrogen) atoms. The van der Waals surface area contributed by atoms with Gasteiger partial charge in [-0.2, -0.15) is 0 Å². The molecule has 2 unspecified atom stereocenters. The molecular formula is C10H21NO3. The largest absolute Gasteiger partial charge is 0.469 e. The fraction of sp³-hybridized carbons (Fsp3) is 0.900. The zero-order valence-electron chi connectivity index (χ0n) is 9.50. The molecule has 0 aromatic heterocycles. The Balaban J connectivity index is 4.57. The van der Waals surface area contributed by atoms with Gasteiger partial charge in [0.25, 0.3) is 0 Å². The van der Waals surface area contributed by atoms with E-state index in [1.807, 2.05) is 13.8 Å². The predicted molar refractivity (Wildman–Crippen MR) is 54.9 cm³/mol. The zero-order chi connectivity index (χ0) is 11.2. The van der Waals surface area contributed by atoms with Gasteiger partial charge < -0.3 is 15.2 Å². The molecule has 0 aliphatic carbocycles. The molecule has 0 rings (SSSR count). The smallest absolute Gasteiger partial charge is 0.306 e. The Kier molecular flexibility index (Phi) is 5.72. The van der Waals surface area contributed by atoms with Crippen LogP contribution in [0.2, 0.25) is 0 Å². The highest BCUT2D eigenvalue weighted by Crippen LogP contribution is 2.30. The molecule has 0 saturated heterocycles. The lowest BCUT2D eigenvalue weighted by molar-refractivity contribution is -0.145. The Morgan fingerprint density at radius 1 is 1.50 bits per heavy atom. The van der Waals surface area contributed by atoms with Gasteiger partial charge in [-0.3, -0.25) is 4.79 Å². The summed E-state index contributed by atoms with van der Waals surface area (Å²) in [5, 5.41) is 0. The van der Waals surface area contributed by atoms with Crippen molar-refractivity contribution < 1.29 is 14.3 Å². The molecule has 0 aromatic rings. The first-order chi connectivity index (χ1) is 6.52. The Bertz CT molecular complexity index is 182. The molecule has 0 aliphatic rings. The van der Waals surface area contributed by atoms with Gasteiger partial charge in [0, 0.05) is 18.6 Å². The SMILES string of the molecule is CCC(COC)(CC(=O)OC)C(C)N. The van der Waals surface area contributed by atoms with Gasteiger partial charge in [-0.25, -0.2) is 0 Å². The van der Waals surface area contributed by atoms with Gasteiger partial charge in [-0.15, -0.1) is 0 Å². The molecule has 4 nitrogen and oxygen atoms in total. The predicted octanol–water partition coefficient (Wildman–Crippen LogP) is 0.940. The van der Waals surface area contributed by atoms with Crippen LogP contribution in [0.3, 0.4) is 0 Å². The van der Waals surface area contributed by atoms with Crippen molar-refractivity contribution in [2.75, 3.05) is 20.8 Å². The van der Waals surface area contributed by atoms with Crippen LogP contribution in [0.5, 0.6) is 0 Å². The van der Waals surface area contributed by atoms with E-state index < -0.39 is 0 Å². The van der Waals surface area contributed by atoms with Crippen LogP contribution in [0.1, 0.15) is 26.7 Å². The zero-order valence-corrected chi connectivity index (χ0v) is 9.50. The second-order valence-electron chi connectivity index (χ2n) is 3.69. The number of nitrogens with two attached hydrogens (primary N) is 1. The number of ether oxygens (including phenoxy) is 2. The van der Waals surface area contributed by atoms with Crippen molar-refractivity contribution in [2.24, 2.45) is 11.1 Å². The van der Waals surface area contributed by atoms with Gasteiger partial charge in [0.1, 0.15) is 0 Å². The second-order valence-corrected chi connectivity index (χ2v) is 3.69. The monoisotopic (exact) mass is 203 g/mol. The fourth-order valence-corrected chi connectivity index (χ4v) is 1.54. The molecule has 84 valence electrons. The van der Waals surface area contributed by atoms with E-state index in [2.05, 4.69) is 4.74 Å². The third-order valence-corrected chi connectivity index (χ3v) is 2.83. The molecule has 0 amide bonds. The van der Waals surface area contributed by atoms with Gasteiger partial charge in [0.05, 0.1) is 20.1 Å². The third kappa shape index (κ3) is 3.27. The summed E-state index contributed by atoms with van der Waals surface area (Å²) in [7, 11) is 3.00. The van der Waals surface area contributed by atoms with Crippen LogP contribution in [-0.2, 0) is 14.3 Å². The molecule has 0 aliphatic heterocycles. The summed E-state index contributed by atoms with van der Waals surface area (Å²) in [6.45, 7) is 4.38. The van der Waals surface area contributed by atoms with E-state index in [0.29, 0.717) is 13.0 Å². The molecule has 0 bridgehead atoms. The van der Waals surface area contributed by atoms with Crippen molar-refractivity contribution in [3.8, 4) is 0 Å². The van der Waals surface area contributed by atoms with Gasteiger partial charge in [0.2, 0.25) is 0 Å².